The molecule has 160 valence electrons. The van der Waals surface area contributed by atoms with Gasteiger partial charge in [-0.15, -0.1) is 13.2 Å². The highest BCUT2D eigenvalue weighted by Gasteiger charge is 2.39. The molecule has 1 saturated carbocycles. The van der Waals surface area contributed by atoms with Gasteiger partial charge in [-0.25, -0.2) is 14.0 Å². The number of nitrogens with zero attached hydrogens (tertiary/aromatic N) is 2. The van der Waals surface area contributed by atoms with Crippen LogP contribution < -0.4 is 15.8 Å². The third kappa shape index (κ3) is 5.64. The summed E-state index contributed by atoms with van der Waals surface area (Å²) in [5.74, 6) is -1.58. The zero-order valence-corrected chi connectivity index (χ0v) is 15.5. The Labute approximate surface area is 164 Å². The molecule has 1 atom stereocenters. The molecule has 2 fully saturated rings. The second-order valence-corrected chi connectivity index (χ2v) is 7.18. The summed E-state index contributed by atoms with van der Waals surface area (Å²) in [4.78, 5) is 27.3. The second kappa shape index (κ2) is 8.34. The normalized spacial score (nSPS) is 19.6. The number of rotatable bonds is 5. The molecule has 1 heterocycles. The standard InChI is InChI=1S/C18H22F4N4O3/c19-15-8-14(29-18(20,21)22)6-3-11(15)9-24-17(28)26(12-4-5-12)13-2-1-7-25(10-13)16(23)27/h3,6,8,12-13H,1-2,4-5,7,9-10H2,(H2,23,27)(H,24,28)/t13-/m1/s1. The summed E-state index contributed by atoms with van der Waals surface area (Å²) in [5.41, 5.74) is 5.38. The lowest BCUT2D eigenvalue weighted by Crippen LogP contribution is -2.55. The highest BCUT2D eigenvalue weighted by Crippen LogP contribution is 2.31. The number of alkyl halides is 3. The Morgan fingerprint density at radius 2 is 1.97 bits per heavy atom. The molecule has 4 amide bonds. The average Bonchev–Trinajstić information content (AvgIpc) is 3.45. The first-order valence-corrected chi connectivity index (χ1v) is 9.29. The molecule has 1 saturated heterocycles. The molecule has 0 aromatic heterocycles. The fraction of sp³-hybridized carbons (Fsp3) is 0.556. The number of nitrogens with two attached hydrogens (primary N) is 1. The van der Waals surface area contributed by atoms with Gasteiger partial charge in [-0.1, -0.05) is 6.07 Å². The molecule has 7 nitrogen and oxygen atoms in total. The fourth-order valence-corrected chi connectivity index (χ4v) is 3.50. The van der Waals surface area contributed by atoms with Crippen molar-refractivity contribution in [3.63, 3.8) is 0 Å². The fourth-order valence-electron chi connectivity index (χ4n) is 3.50. The zero-order valence-electron chi connectivity index (χ0n) is 15.5. The minimum Gasteiger partial charge on any atom is -0.406 e. The van der Waals surface area contributed by atoms with E-state index in [1.165, 1.54) is 4.90 Å². The Kier molecular flexibility index (Phi) is 6.04. The van der Waals surface area contributed by atoms with Gasteiger partial charge in [0.15, 0.2) is 0 Å². The number of urea groups is 2. The predicted molar refractivity (Wildman–Crippen MR) is 94.4 cm³/mol. The van der Waals surface area contributed by atoms with Crippen molar-refractivity contribution >= 4 is 12.1 Å². The third-order valence-electron chi connectivity index (χ3n) is 4.96. The largest absolute Gasteiger partial charge is 0.573 e. The lowest BCUT2D eigenvalue weighted by atomic mass is 10.0. The van der Waals surface area contributed by atoms with Crippen molar-refractivity contribution in [2.45, 2.75) is 50.7 Å². The number of benzene rings is 1. The van der Waals surface area contributed by atoms with Gasteiger partial charge in [0.1, 0.15) is 11.6 Å². The quantitative estimate of drug-likeness (QED) is 0.721. The van der Waals surface area contributed by atoms with Gasteiger partial charge in [0, 0.05) is 37.3 Å². The zero-order chi connectivity index (χ0) is 21.2. The maximum Gasteiger partial charge on any atom is 0.573 e. The number of nitrogens with one attached hydrogen (secondary N) is 1. The molecule has 1 aliphatic carbocycles. The van der Waals surface area contributed by atoms with Crippen LogP contribution in [0.4, 0.5) is 27.2 Å². The smallest absolute Gasteiger partial charge is 0.406 e. The van der Waals surface area contributed by atoms with E-state index in [2.05, 4.69) is 10.1 Å². The Morgan fingerprint density at radius 1 is 1.24 bits per heavy atom. The predicted octanol–water partition coefficient (Wildman–Crippen LogP) is 2.94. The molecule has 1 aromatic carbocycles. The van der Waals surface area contributed by atoms with E-state index in [-0.39, 0.29) is 24.2 Å². The van der Waals surface area contributed by atoms with Gasteiger partial charge in [-0.2, -0.15) is 0 Å². The van der Waals surface area contributed by atoms with Crippen LogP contribution in [0.25, 0.3) is 0 Å². The molecule has 1 aliphatic heterocycles. The third-order valence-corrected chi connectivity index (χ3v) is 4.96. The van der Waals surface area contributed by atoms with Gasteiger partial charge in [0.25, 0.3) is 0 Å². The summed E-state index contributed by atoms with van der Waals surface area (Å²) < 4.78 is 54.4. The molecular formula is C18H22F4N4O3. The Hall–Kier alpha value is -2.72. The van der Waals surface area contributed by atoms with Gasteiger partial charge in [-0.05, 0) is 31.7 Å². The van der Waals surface area contributed by atoms with Crippen LogP contribution in [0.5, 0.6) is 5.75 Å². The van der Waals surface area contributed by atoms with E-state index in [1.807, 2.05) is 0 Å². The number of amides is 4. The van der Waals surface area contributed by atoms with Crippen LogP contribution in [-0.4, -0.2) is 53.4 Å². The number of likely N-dealkylation sites (tertiary alicyclic amines) is 1. The van der Waals surface area contributed by atoms with Gasteiger partial charge in [0.05, 0.1) is 6.04 Å². The second-order valence-electron chi connectivity index (χ2n) is 7.18. The maximum atomic E-state index is 14.1. The van der Waals surface area contributed by atoms with Crippen LogP contribution in [0.3, 0.4) is 0 Å². The highest BCUT2D eigenvalue weighted by molar-refractivity contribution is 5.76. The maximum absolute atomic E-state index is 14.1. The van der Waals surface area contributed by atoms with Crippen LogP contribution in [0.2, 0.25) is 0 Å². The summed E-state index contributed by atoms with van der Waals surface area (Å²) >= 11 is 0. The molecule has 11 heteroatoms. The number of primary amides is 1. The summed E-state index contributed by atoms with van der Waals surface area (Å²) in [7, 11) is 0. The molecule has 0 bridgehead atoms. The summed E-state index contributed by atoms with van der Waals surface area (Å²) in [6.07, 6.45) is -1.77. The number of hydrogen-bond acceptors (Lipinski definition) is 3. The van der Waals surface area contributed by atoms with E-state index in [0.29, 0.717) is 19.2 Å². The minimum absolute atomic E-state index is 0.0334. The number of ether oxygens (including phenoxy) is 1. The molecule has 0 unspecified atom stereocenters. The number of carbonyl (C=O) groups is 2. The number of piperidine rings is 1. The summed E-state index contributed by atoms with van der Waals surface area (Å²) in [5, 5.41) is 2.62. The topological polar surface area (TPSA) is 87.9 Å². The highest BCUT2D eigenvalue weighted by atomic mass is 19.4. The van der Waals surface area contributed by atoms with Crippen molar-refractivity contribution in [3.8, 4) is 5.75 Å². The van der Waals surface area contributed by atoms with Gasteiger partial charge >= 0.3 is 18.4 Å². The van der Waals surface area contributed by atoms with E-state index >= 15 is 0 Å². The van der Waals surface area contributed by atoms with Crippen molar-refractivity contribution in [2.75, 3.05) is 13.1 Å². The molecule has 3 rings (SSSR count). The van der Waals surface area contributed by atoms with Crippen LogP contribution in [-0.2, 0) is 6.54 Å². The van der Waals surface area contributed by atoms with E-state index in [1.54, 1.807) is 4.90 Å². The summed E-state index contributed by atoms with van der Waals surface area (Å²) in [6.45, 7) is 0.701. The van der Waals surface area contributed by atoms with Gasteiger partial charge < -0.3 is 25.6 Å². The van der Waals surface area contributed by atoms with Crippen molar-refractivity contribution in [1.29, 1.82) is 0 Å². The monoisotopic (exact) mass is 418 g/mol. The molecule has 29 heavy (non-hydrogen) atoms. The van der Waals surface area contributed by atoms with Crippen LogP contribution in [0.15, 0.2) is 18.2 Å². The van der Waals surface area contributed by atoms with Gasteiger partial charge in [0.2, 0.25) is 0 Å². The molecule has 0 spiro atoms. The number of halogens is 4. The number of carbonyl (C=O) groups excluding carboxylic acids is 2. The first kappa shape index (κ1) is 21.0. The Morgan fingerprint density at radius 3 is 2.55 bits per heavy atom. The van der Waals surface area contributed by atoms with Crippen LogP contribution in [0, 0.1) is 5.82 Å². The van der Waals surface area contributed by atoms with E-state index in [0.717, 1.165) is 37.8 Å². The van der Waals surface area contributed by atoms with E-state index in [9.17, 15) is 27.2 Å². The molecular weight excluding hydrogens is 396 g/mol. The molecule has 0 radical (unpaired) electrons. The summed E-state index contributed by atoms with van der Waals surface area (Å²) in [6, 6.07) is 1.68. The lowest BCUT2D eigenvalue weighted by molar-refractivity contribution is -0.274. The number of hydrogen-bond donors (Lipinski definition) is 2. The van der Waals surface area contributed by atoms with Crippen molar-refractivity contribution in [1.82, 2.24) is 15.1 Å². The molecule has 2 aliphatic rings. The lowest BCUT2D eigenvalue weighted by Gasteiger charge is -2.39. The van der Waals surface area contributed by atoms with E-state index < -0.39 is 30.0 Å². The Balaban J connectivity index is 1.62. The first-order chi connectivity index (χ1) is 13.6. The van der Waals surface area contributed by atoms with Crippen LogP contribution >= 0.6 is 0 Å². The SMILES string of the molecule is NC(=O)N1CCC[C@@H](N(C(=O)NCc2ccc(OC(F)(F)F)cc2F)C2CC2)C1. The Bertz CT molecular complexity index is 770. The van der Waals surface area contributed by atoms with Crippen molar-refractivity contribution in [3.05, 3.63) is 29.6 Å². The first-order valence-electron chi connectivity index (χ1n) is 9.29. The van der Waals surface area contributed by atoms with Crippen molar-refractivity contribution < 1.29 is 31.9 Å². The van der Waals surface area contributed by atoms with Gasteiger partial charge in [-0.3, -0.25) is 0 Å². The minimum atomic E-state index is -4.91. The molecule has 3 N–H and O–H groups in total. The average molecular weight is 418 g/mol. The van der Waals surface area contributed by atoms with Crippen LogP contribution in [0.1, 0.15) is 31.2 Å². The van der Waals surface area contributed by atoms with Crippen molar-refractivity contribution in [2.24, 2.45) is 5.73 Å². The molecule has 1 aromatic rings. The van der Waals surface area contributed by atoms with E-state index in [4.69, 9.17) is 5.73 Å².